The first-order valence-corrected chi connectivity index (χ1v) is 12.9. The Hall–Kier alpha value is -2.81. The van der Waals surface area contributed by atoms with Crippen molar-refractivity contribution in [2.24, 2.45) is 23.2 Å². The van der Waals surface area contributed by atoms with Gasteiger partial charge in [-0.3, -0.25) is 9.52 Å². The summed E-state index contributed by atoms with van der Waals surface area (Å²) in [5.41, 5.74) is -0.561. The van der Waals surface area contributed by atoms with Crippen LogP contribution >= 0.6 is 0 Å². The Kier molecular flexibility index (Phi) is 5.70. The molecule has 0 spiro atoms. The SMILES string of the molecule is O=C(OCC(=O)C12CC3CC(CC(C3)C1)C2)c1ccccc1NS(=O)(=O)c1ccc(F)c(F)c1. The fourth-order valence-electron chi connectivity index (χ4n) is 6.41. The number of anilines is 1. The van der Waals surface area contributed by atoms with Crippen molar-refractivity contribution in [2.45, 2.75) is 43.4 Å². The topological polar surface area (TPSA) is 89.5 Å². The molecule has 4 aliphatic rings. The van der Waals surface area contributed by atoms with E-state index in [1.165, 1.54) is 43.5 Å². The van der Waals surface area contributed by atoms with E-state index in [1.54, 1.807) is 0 Å². The van der Waals surface area contributed by atoms with Gasteiger partial charge in [0.05, 0.1) is 16.1 Å². The number of halogens is 2. The second-order valence-electron chi connectivity index (χ2n) is 9.92. The molecule has 0 atom stereocenters. The molecule has 6 nitrogen and oxygen atoms in total. The van der Waals surface area contributed by atoms with E-state index in [1.807, 2.05) is 0 Å². The van der Waals surface area contributed by atoms with E-state index in [9.17, 15) is 26.8 Å². The van der Waals surface area contributed by atoms with Gasteiger partial charge in [0, 0.05) is 5.41 Å². The summed E-state index contributed by atoms with van der Waals surface area (Å²) in [6.45, 7) is -0.352. The van der Waals surface area contributed by atoms with Crippen molar-refractivity contribution in [3.05, 3.63) is 59.7 Å². The van der Waals surface area contributed by atoms with Gasteiger partial charge in [-0.2, -0.15) is 0 Å². The minimum absolute atomic E-state index is 0.0557. The van der Waals surface area contributed by atoms with E-state index >= 15 is 0 Å². The molecular weight excluding hydrogens is 464 g/mol. The first kappa shape index (κ1) is 23.0. The van der Waals surface area contributed by atoms with Crippen molar-refractivity contribution < 1.29 is 31.5 Å². The molecule has 0 heterocycles. The van der Waals surface area contributed by atoms with Gasteiger partial charge in [-0.05, 0) is 86.6 Å². The van der Waals surface area contributed by atoms with Gasteiger partial charge in [0.2, 0.25) is 0 Å². The third-order valence-corrected chi connectivity index (χ3v) is 8.92. The summed E-state index contributed by atoms with van der Waals surface area (Å²) in [6.07, 6.45) is 6.16. The van der Waals surface area contributed by atoms with Crippen LogP contribution in [-0.4, -0.2) is 26.8 Å². The number of hydrogen-bond acceptors (Lipinski definition) is 5. The van der Waals surface area contributed by atoms with Crippen LogP contribution in [0.1, 0.15) is 48.9 Å². The van der Waals surface area contributed by atoms with Gasteiger partial charge in [-0.15, -0.1) is 0 Å². The van der Waals surface area contributed by atoms with E-state index in [4.69, 9.17) is 4.74 Å². The number of ether oxygens (including phenoxy) is 1. The first-order valence-electron chi connectivity index (χ1n) is 11.4. The highest BCUT2D eigenvalue weighted by molar-refractivity contribution is 7.92. The maximum Gasteiger partial charge on any atom is 0.340 e. The molecule has 0 aliphatic heterocycles. The average molecular weight is 490 g/mol. The molecule has 2 aromatic carbocycles. The number of carbonyl (C=O) groups is 2. The zero-order valence-corrected chi connectivity index (χ0v) is 19.2. The number of Topliss-reactive ketones (excluding diaryl/α,β-unsaturated/α-hetero) is 1. The number of rotatable bonds is 7. The van der Waals surface area contributed by atoms with E-state index in [-0.39, 0.29) is 23.6 Å². The molecular formula is C25H25F2NO5S. The molecule has 0 saturated heterocycles. The van der Waals surface area contributed by atoms with Crippen LogP contribution in [0.15, 0.2) is 47.4 Å². The summed E-state index contributed by atoms with van der Waals surface area (Å²) >= 11 is 0. The minimum Gasteiger partial charge on any atom is -0.454 e. The lowest BCUT2D eigenvalue weighted by atomic mass is 9.48. The Morgan fingerprint density at radius 1 is 0.941 bits per heavy atom. The van der Waals surface area contributed by atoms with Crippen LogP contribution in [0.25, 0.3) is 0 Å². The third-order valence-electron chi connectivity index (χ3n) is 7.56. The number of esters is 1. The molecule has 4 fully saturated rings. The van der Waals surface area contributed by atoms with Gasteiger partial charge in [-0.25, -0.2) is 22.0 Å². The lowest BCUT2D eigenvalue weighted by molar-refractivity contribution is -0.147. The Labute approximate surface area is 196 Å². The molecule has 0 aromatic heterocycles. The second-order valence-corrected chi connectivity index (χ2v) is 11.6. The summed E-state index contributed by atoms with van der Waals surface area (Å²) in [6, 6.07) is 7.97. The highest BCUT2D eigenvalue weighted by Gasteiger charge is 2.54. The molecule has 4 saturated carbocycles. The van der Waals surface area contributed by atoms with E-state index in [0.717, 1.165) is 25.3 Å². The van der Waals surface area contributed by atoms with Crippen molar-refractivity contribution in [3.8, 4) is 0 Å². The molecule has 4 aliphatic carbocycles. The molecule has 0 unspecified atom stereocenters. The smallest absolute Gasteiger partial charge is 0.340 e. The molecule has 2 aromatic rings. The summed E-state index contributed by atoms with van der Waals surface area (Å²) in [5, 5.41) is 0. The maximum absolute atomic E-state index is 13.5. The second kappa shape index (κ2) is 8.45. The maximum atomic E-state index is 13.5. The van der Waals surface area contributed by atoms with Gasteiger partial charge in [0.15, 0.2) is 24.0 Å². The largest absolute Gasteiger partial charge is 0.454 e. The van der Waals surface area contributed by atoms with Crippen molar-refractivity contribution in [1.82, 2.24) is 0 Å². The van der Waals surface area contributed by atoms with Crippen molar-refractivity contribution in [1.29, 1.82) is 0 Å². The summed E-state index contributed by atoms with van der Waals surface area (Å²) in [7, 11) is -4.30. The molecule has 4 bridgehead atoms. The Balaban J connectivity index is 1.29. The van der Waals surface area contributed by atoms with Gasteiger partial charge < -0.3 is 4.74 Å². The van der Waals surface area contributed by atoms with Gasteiger partial charge in [0.1, 0.15) is 0 Å². The molecule has 6 rings (SSSR count). The first-order chi connectivity index (χ1) is 16.1. The fraction of sp³-hybridized carbons (Fsp3) is 0.440. The standard InChI is InChI=1S/C25H25F2NO5S/c26-20-6-5-18(10-21(20)27)34(31,32)28-22-4-2-1-3-19(22)24(30)33-14-23(29)25-11-15-7-16(12-25)9-17(8-15)13-25/h1-6,10,15-17,28H,7-9,11-14H2. The zero-order valence-electron chi connectivity index (χ0n) is 18.4. The Bertz CT molecular complexity index is 1220. The molecule has 0 amide bonds. The van der Waals surface area contributed by atoms with Crippen molar-refractivity contribution in [3.63, 3.8) is 0 Å². The monoisotopic (exact) mass is 489 g/mol. The average Bonchev–Trinajstić information content (AvgIpc) is 2.78. The van der Waals surface area contributed by atoms with Crippen LogP contribution in [0.3, 0.4) is 0 Å². The molecule has 180 valence electrons. The van der Waals surface area contributed by atoms with Gasteiger partial charge >= 0.3 is 5.97 Å². The Morgan fingerprint density at radius 3 is 2.18 bits per heavy atom. The fourth-order valence-corrected chi connectivity index (χ4v) is 7.50. The van der Waals surface area contributed by atoms with E-state index < -0.39 is 37.9 Å². The summed E-state index contributed by atoms with van der Waals surface area (Å²) in [4.78, 5) is 25.4. The normalized spacial score (nSPS) is 27.4. The van der Waals surface area contributed by atoms with Crippen LogP contribution in [-0.2, 0) is 19.6 Å². The molecule has 1 N–H and O–H groups in total. The lowest BCUT2D eigenvalue weighted by Crippen LogP contribution is -2.51. The van der Waals surface area contributed by atoms with Gasteiger partial charge in [-0.1, -0.05) is 12.1 Å². The molecule has 34 heavy (non-hydrogen) atoms. The van der Waals surface area contributed by atoms with E-state index in [0.29, 0.717) is 29.9 Å². The van der Waals surface area contributed by atoms with Crippen molar-refractivity contribution in [2.75, 3.05) is 11.3 Å². The van der Waals surface area contributed by atoms with Crippen LogP contribution in [0.5, 0.6) is 0 Å². The number of sulfonamides is 1. The molecule has 9 heteroatoms. The van der Waals surface area contributed by atoms with Crippen molar-refractivity contribution >= 4 is 27.5 Å². The van der Waals surface area contributed by atoms with Crippen LogP contribution in [0.2, 0.25) is 0 Å². The number of para-hydroxylation sites is 1. The Morgan fingerprint density at radius 2 is 1.56 bits per heavy atom. The lowest BCUT2D eigenvalue weighted by Gasteiger charge is -2.55. The zero-order chi connectivity index (χ0) is 24.1. The molecule has 0 radical (unpaired) electrons. The van der Waals surface area contributed by atoms with Crippen LogP contribution in [0, 0.1) is 34.8 Å². The van der Waals surface area contributed by atoms with Gasteiger partial charge in [0.25, 0.3) is 10.0 Å². The number of ketones is 1. The highest BCUT2D eigenvalue weighted by Crippen LogP contribution is 2.60. The highest BCUT2D eigenvalue weighted by atomic mass is 32.2. The van der Waals surface area contributed by atoms with Crippen LogP contribution < -0.4 is 4.72 Å². The van der Waals surface area contributed by atoms with Crippen LogP contribution in [0.4, 0.5) is 14.5 Å². The summed E-state index contributed by atoms with van der Waals surface area (Å²) < 4.78 is 59.6. The number of carbonyl (C=O) groups excluding carboxylic acids is 2. The minimum atomic E-state index is -4.30. The predicted molar refractivity (Wildman–Crippen MR) is 120 cm³/mol. The predicted octanol–water partition coefficient (Wildman–Crippen LogP) is 4.71. The number of nitrogens with one attached hydrogen (secondary N) is 1. The summed E-state index contributed by atoms with van der Waals surface area (Å²) in [5.74, 6) is -1.63. The number of benzene rings is 2. The quantitative estimate of drug-likeness (QED) is 0.569. The number of hydrogen-bond donors (Lipinski definition) is 1. The van der Waals surface area contributed by atoms with E-state index in [2.05, 4.69) is 4.72 Å². The third kappa shape index (κ3) is 4.21.